The van der Waals surface area contributed by atoms with Crippen molar-refractivity contribution in [2.45, 2.75) is 52.1 Å². The van der Waals surface area contributed by atoms with E-state index in [-0.39, 0.29) is 5.60 Å². The van der Waals surface area contributed by atoms with Crippen molar-refractivity contribution in [1.29, 1.82) is 0 Å². The number of rotatable bonds is 3. The SMILES string of the molecule is CCCCc1ccc2c(c1)NCCC(C)(C)O2. The van der Waals surface area contributed by atoms with Crippen molar-refractivity contribution in [3.05, 3.63) is 23.8 Å². The third-order valence-corrected chi connectivity index (χ3v) is 3.29. The molecule has 0 amide bonds. The van der Waals surface area contributed by atoms with Crippen LogP contribution in [0.25, 0.3) is 0 Å². The van der Waals surface area contributed by atoms with Gasteiger partial charge in [0.2, 0.25) is 0 Å². The first-order chi connectivity index (χ1) is 8.11. The molecule has 1 aliphatic rings. The molecule has 1 aliphatic heterocycles. The van der Waals surface area contributed by atoms with E-state index in [9.17, 15) is 0 Å². The quantitative estimate of drug-likeness (QED) is 0.852. The summed E-state index contributed by atoms with van der Waals surface area (Å²) in [5.74, 6) is 0.993. The van der Waals surface area contributed by atoms with Crippen LogP contribution in [0.5, 0.6) is 5.75 Å². The lowest BCUT2D eigenvalue weighted by atomic mass is 10.1. The van der Waals surface area contributed by atoms with Crippen LogP contribution in [-0.2, 0) is 6.42 Å². The summed E-state index contributed by atoms with van der Waals surface area (Å²) in [5, 5.41) is 3.47. The highest BCUT2D eigenvalue weighted by atomic mass is 16.5. The fraction of sp³-hybridized carbons (Fsp3) is 0.600. The Morgan fingerprint density at radius 2 is 2.18 bits per heavy atom. The summed E-state index contributed by atoms with van der Waals surface area (Å²) >= 11 is 0. The van der Waals surface area contributed by atoms with Crippen LogP contribution in [0, 0.1) is 0 Å². The number of fused-ring (bicyclic) bond motifs is 1. The van der Waals surface area contributed by atoms with Gasteiger partial charge in [0.25, 0.3) is 0 Å². The van der Waals surface area contributed by atoms with Crippen LogP contribution < -0.4 is 10.1 Å². The van der Waals surface area contributed by atoms with Crippen molar-refractivity contribution in [3.63, 3.8) is 0 Å². The van der Waals surface area contributed by atoms with E-state index in [1.165, 1.54) is 18.4 Å². The normalized spacial score (nSPS) is 17.6. The van der Waals surface area contributed by atoms with E-state index in [1.54, 1.807) is 0 Å². The molecule has 1 aromatic rings. The maximum absolute atomic E-state index is 6.04. The van der Waals surface area contributed by atoms with E-state index >= 15 is 0 Å². The maximum Gasteiger partial charge on any atom is 0.143 e. The highest BCUT2D eigenvalue weighted by molar-refractivity contribution is 5.59. The van der Waals surface area contributed by atoms with Crippen LogP contribution in [0.2, 0.25) is 0 Å². The minimum Gasteiger partial charge on any atom is -0.486 e. The first-order valence-corrected chi connectivity index (χ1v) is 6.66. The molecule has 0 fully saturated rings. The van der Waals surface area contributed by atoms with Crippen LogP contribution in [0.15, 0.2) is 18.2 Å². The molecule has 2 nitrogen and oxygen atoms in total. The zero-order valence-corrected chi connectivity index (χ0v) is 11.2. The molecule has 0 unspecified atom stereocenters. The van der Waals surface area contributed by atoms with Gasteiger partial charge in [-0.1, -0.05) is 19.4 Å². The Bertz CT molecular complexity index is 385. The average molecular weight is 233 g/mol. The Morgan fingerprint density at radius 3 is 2.94 bits per heavy atom. The molecule has 17 heavy (non-hydrogen) atoms. The van der Waals surface area contributed by atoms with Gasteiger partial charge in [-0.2, -0.15) is 0 Å². The van der Waals surface area contributed by atoms with E-state index in [2.05, 4.69) is 44.3 Å². The standard InChI is InChI=1S/C15H23NO/c1-4-5-6-12-7-8-14-13(11-12)16-10-9-15(2,3)17-14/h7-8,11,16H,4-6,9-10H2,1-3H3. The highest BCUT2D eigenvalue weighted by Gasteiger charge is 2.24. The van der Waals surface area contributed by atoms with Crippen molar-refractivity contribution in [3.8, 4) is 5.75 Å². The fourth-order valence-electron chi connectivity index (χ4n) is 2.19. The Labute approximate surface area is 104 Å². The minimum atomic E-state index is -0.0663. The molecule has 0 spiro atoms. The minimum absolute atomic E-state index is 0.0663. The lowest BCUT2D eigenvalue weighted by Gasteiger charge is -2.24. The average Bonchev–Trinajstić information content (AvgIpc) is 2.43. The van der Waals surface area contributed by atoms with E-state index in [1.807, 2.05) is 0 Å². The number of hydrogen-bond acceptors (Lipinski definition) is 2. The van der Waals surface area contributed by atoms with Crippen molar-refractivity contribution in [2.24, 2.45) is 0 Å². The van der Waals surface area contributed by atoms with E-state index in [0.29, 0.717) is 0 Å². The van der Waals surface area contributed by atoms with Gasteiger partial charge in [-0.05, 0) is 44.4 Å². The van der Waals surface area contributed by atoms with Gasteiger partial charge in [-0.3, -0.25) is 0 Å². The summed E-state index contributed by atoms with van der Waals surface area (Å²) in [6.45, 7) is 7.51. The fourth-order valence-corrected chi connectivity index (χ4v) is 2.19. The van der Waals surface area contributed by atoms with Gasteiger partial charge in [-0.15, -0.1) is 0 Å². The second kappa shape index (κ2) is 4.99. The van der Waals surface area contributed by atoms with E-state index in [4.69, 9.17) is 4.74 Å². The van der Waals surface area contributed by atoms with Gasteiger partial charge >= 0.3 is 0 Å². The molecule has 0 bridgehead atoms. The van der Waals surface area contributed by atoms with Crippen LogP contribution in [-0.4, -0.2) is 12.1 Å². The van der Waals surface area contributed by atoms with E-state index in [0.717, 1.165) is 30.8 Å². The largest absolute Gasteiger partial charge is 0.486 e. The second-order valence-electron chi connectivity index (χ2n) is 5.47. The number of benzene rings is 1. The number of unbranched alkanes of at least 4 members (excludes halogenated alkanes) is 1. The monoisotopic (exact) mass is 233 g/mol. The van der Waals surface area contributed by atoms with Crippen molar-refractivity contribution >= 4 is 5.69 Å². The molecule has 1 aromatic carbocycles. The smallest absolute Gasteiger partial charge is 0.143 e. The van der Waals surface area contributed by atoms with Crippen molar-refractivity contribution in [1.82, 2.24) is 0 Å². The molecule has 0 saturated carbocycles. The summed E-state index contributed by atoms with van der Waals surface area (Å²) in [6.07, 6.45) is 4.69. The summed E-state index contributed by atoms with van der Waals surface area (Å²) < 4.78 is 6.04. The number of ether oxygens (including phenoxy) is 1. The summed E-state index contributed by atoms with van der Waals surface area (Å²) in [7, 11) is 0. The molecule has 2 heteroatoms. The Kier molecular flexibility index (Phi) is 3.60. The third-order valence-electron chi connectivity index (χ3n) is 3.29. The summed E-state index contributed by atoms with van der Waals surface area (Å²) in [5.41, 5.74) is 2.49. The Morgan fingerprint density at radius 1 is 1.35 bits per heavy atom. The second-order valence-corrected chi connectivity index (χ2v) is 5.47. The first kappa shape index (κ1) is 12.3. The van der Waals surface area contributed by atoms with Gasteiger partial charge < -0.3 is 10.1 Å². The molecule has 0 atom stereocenters. The highest BCUT2D eigenvalue weighted by Crippen LogP contribution is 2.33. The zero-order valence-electron chi connectivity index (χ0n) is 11.2. The van der Waals surface area contributed by atoms with Crippen LogP contribution in [0.1, 0.15) is 45.6 Å². The van der Waals surface area contributed by atoms with E-state index < -0.39 is 0 Å². The summed E-state index contributed by atoms with van der Waals surface area (Å²) in [4.78, 5) is 0. The Hall–Kier alpha value is -1.18. The molecular weight excluding hydrogens is 210 g/mol. The summed E-state index contributed by atoms with van der Waals surface area (Å²) in [6, 6.07) is 6.55. The number of anilines is 1. The lowest BCUT2D eigenvalue weighted by Crippen LogP contribution is -2.28. The van der Waals surface area contributed by atoms with Crippen molar-refractivity contribution < 1.29 is 4.74 Å². The van der Waals surface area contributed by atoms with Gasteiger partial charge in [0.1, 0.15) is 11.4 Å². The molecule has 0 radical (unpaired) electrons. The topological polar surface area (TPSA) is 21.3 Å². The van der Waals surface area contributed by atoms with Gasteiger partial charge in [-0.25, -0.2) is 0 Å². The zero-order chi connectivity index (χ0) is 12.3. The van der Waals surface area contributed by atoms with Crippen LogP contribution in [0.4, 0.5) is 5.69 Å². The molecule has 0 saturated heterocycles. The third kappa shape index (κ3) is 3.15. The molecule has 0 aromatic heterocycles. The molecule has 1 heterocycles. The van der Waals surface area contributed by atoms with Crippen LogP contribution >= 0.6 is 0 Å². The number of hydrogen-bond donors (Lipinski definition) is 1. The maximum atomic E-state index is 6.04. The van der Waals surface area contributed by atoms with Gasteiger partial charge in [0.05, 0.1) is 5.69 Å². The predicted octanol–water partition coefficient (Wildman–Crippen LogP) is 4.00. The number of aryl methyl sites for hydroxylation is 1. The van der Waals surface area contributed by atoms with Gasteiger partial charge in [0, 0.05) is 13.0 Å². The van der Waals surface area contributed by atoms with Crippen molar-refractivity contribution in [2.75, 3.05) is 11.9 Å². The first-order valence-electron chi connectivity index (χ1n) is 6.66. The molecule has 1 N–H and O–H groups in total. The lowest BCUT2D eigenvalue weighted by molar-refractivity contribution is 0.108. The molecule has 2 rings (SSSR count). The van der Waals surface area contributed by atoms with Crippen LogP contribution in [0.3, 0.4) is 0 Å². The number of nitrogens with one attached hydrogen (secondary N) is 1. The Balaban J connectivity index is 2.18. The molecular formula is C15H23NO. The molecule has 0 aliphatic carbocycles. The van der Waals surface area contributed by atoms with Gasteiger partial charge in [0.15, 0.2) is 0 Å². The predicted molar refractivity (Wildman–Crippen MR) is 72.9 cm³/mol. The molecule has 94 valence electrons.